The van der Waals surface area contributed by atoms with E-state index in [0.29, 0.717) is 5.30 Å². The molecule has 2 atom stereocenters. The molecule has 1 aromatic carbocycles. The Labute approximate surface area is 115 Å². The van der Waals surface area contributed by atoms with Crippen molar-refractivity contribution in [1.82, 2.24) is 0 Å². The third-order valence-electron chi connectivity index (χ3n) is 3.41. The van der Waals surface area contributed by atoms with Gasteiger partial charge in [-0.25, -0.2) is 4.79 Å². The van der Waals surface area contributed by atoms with E-state index >= 15 is 0 Å². The van der Waals surface area contributed by atoms with Crippen molar-refractivity contribution >= 4 is 18.6 Å². The van der Waals surface area contributed by atoms with E-state index in [-0.39, 0.29) is 16.9 Å². The maximum atomic E-state index is 12.5. The van der Waals surface area contributed by atoms with E-state index in [9.17, 15) is 9.36 Å². The number of rotatable bonds is 3. The Morgan fingerprint density at radius 2 is 1.84 bits per heavy atom. The fourth-order valence-corrected chi connectivity index (χ4v) is 3.81. The second-order valence-corrected chi connectivity index (χ2v) is 7.06. The fraction of sp³-hybridized carbons (Fsp3) is 0.312. The van der Waals surface area contributed by atoms with Crippen LogP contribution in [0.4, 0.5) is 0 Å². The Bertz CT molecular complexity index is 568. The standard InChI is InChI=1S/C16H18O2P/c1-12-9-10-14(16(2,3)11-12)15(17)19(18)13-7-5-4-6-8-13/h4-11,14H,1-3H3/q+1. The molecule has 2 rings (SSSR count). The van der Waals surface area contributed by atoms with Gasteiger partial charge in [-0.1, -0.05) is 60.4 Å². The summed E-state index contributed by atoms with van der Waals surface area (Å²) in [4.78, 5) is 12.5. The lowest BCUT2D eigenvalue weighted by molar-refractivity contribution is -0.115. The number of carbonyl (C=O) groups is 1. The highest BCUT2D eigenvalue weighted by Crippen LogP contribution is 2.40. The molecule has 0 saturated heterocycles. The average molecular weight is 273 g/mol. The summed E-state index contributed by atoms with van der Waals surface area (Å²) in [6.45, 7) is 6.03. The SMILES string of the molecule is CC1=CC(C)(C)C(C(=O)[P+](=O)c2ccccc2)C=C1. The maximum Gasteiger partial charge on any atom is 0.453 e. The van der Waals surface area contributed by atoms with E-state index in [1.165, 1.54) is 0 Å². The molecule has 1 aliphatic carbocycles. The largest absolute Gasteiger partial charge is 0.453 e. The zero-order valence-electron chi connectivity index (χ0n) is 11.5. The Morgan fingerprint density at radius 1 is 1.21 bits per heavy atom. The van der Waals surface area contributed by atoms with E-state index < -0.39 is 7.80 Å². The van der Waals surface area contributed by atoms with E-state index in [1.54, 1.807) is 12.1 Å². The van der Waals surface area contributed by atoms with E-state index in [1.807, 2.05) is 51.1 Å². The van der Waals surface area contributed by atoms with Crippen LogP contribution in [-0.4, -0.2) is 5.52 Å². The Kier molecular flexibility index (Phi) is 3.82. The van der Waals surface area contributed by atoms with Crippen LogP contribution in [0.3, 0.4) is 0 Å². The van der Waals surface area contributed by atoms with E-state index in [2.05, 4.69) is 6.08 Å². The molecule has 0 fully saturated rings. The quantitative estimate of drug-likeness (QED) is 0.784. The van der Waals surface area contributed by atoms with Crippen molar-refractivity contribution < 1.29 is 9.36 Å². The van der Waals surface area contributed by atoms with Gasteiger partial charge in [0.05, 0.1) is 5.92 Å². The van der Waals surface area contributed by atoms with Crippen molar-refractivity contribution in [3.63, 3.8) is 0 Å². The Balaban J connectivity index is 2.27. The van der Waals surface area contributed by atoms with Gasteiger partial charge >= 0.3 is 13.3 Å². The minimum absolute atomic E-state index is 0.189. The van der Waals surface area contributed by atoms with Crippen LogP contribution in [0.2, 0.25) is 0 Å². The molecule has 0 spiro atoms. The lowest BCUT2D eigenvalue weighted by atomic mass is 9.75. The van der Waals surface area contributed by atoms with Gasteiger partial charge in [-0.15, -0.1) is 0 Å². The molecule has 0 amide bonds. The monoisotopic (exact) mass is 273 g/mol. The van der Waals surface area contributed by atoms with Crippen LogP contribution in [0.5, 0.6) is 0 Å². The highest BCUT2D eigenvalue weighted by Gasteiger charge is 2.44. The predicted molar refractivity (Wildman–Crippen MR) is 78.9 cm³/mol. The molecule has 1 aliphatic rings. The van der Waals surface area contributed by atoms with Gasteiger partial charge in [-0.3, -0.25) is 0 Å². The van der Waals surface area contributed by atoms with Gasteiger partial charge in [-0.2, -0.15) is 0 Å². The zero-order chi connectivity index (χ0) is 14.0. The summed E-state index contributed by atoms with van der Waals surface area (Å²) in [5.74, 6) is -0.319. The molecule has 0 heterocycles. The molecule has 0 N–H and O–H groups in total. The van der Waals surface area contributed by atoms with Crippen LogP contribution in [0, 0.1) is 11.3 Å². The van der Waals surface area contributed by atoms with Crippen LogP contribution in [0.25, 0.3) is 0 Å². The highest BCUT2D eigenvalue weighted by molar-refractivity contribution is 7.70. The molecule has 1 aromatic rings. The van der Waals surface area contributed by atoms with Crippen LogP contribution in [-0.2, 0) is 9.36 Å². The average Bonchev–Trinajstić information content (AvgIpc) is 2.37. The van der Waals surface area contributed by atoms with Gasteiger partial charge < -0.3 is 0 Å². The topological polar surface area (TPSA) is 34.1 Å². The summed E-state index contributed by atoms with van der Waals surface area (Å²) in [7, 11) is -2.00. The zero-order valence-corrected chi connectivity index (χ0v) is 12.4. The van der Waals surface area contributed by atoms with Crippen LogP contribution >= 0.6 is 7.80 Å². The van der Waals surface area contributed by atoms with E-state index in [0.717, 1.165) is 5.57 Å². The molecule has 2 nitrogen and oxygen atoms in total. The lowest BCUT2D eigenvalue weighted by Crippen LogP contribution is -2.29. The minimum Gasteiger partial charge on any atom is -0.239 e. The van der Waals surface area contributed by atoms with Crippen molar-refractivity contribution in [2.24, 2.45) is 11.3 Å². The number of benzene rings is 1. The second-order valence-electron chi connectivity index (χ2n) is 5.51. The first-order chi connectivity index (χ1) is 8.92. The first kappa shape index (κ1) is 13.9. The Hall–Kier alpha value is -1.53. The van der Waals surface area contributed by atoms with Gasteiger partial charge in [-0.05, 0) is 19.1 Å². The third-order valence-corrected chi connectivity index (χ3v) is 4.86. The van der Waals surface area contributed by atoms with Gasteiger partial charge in [0.1, 0.15) is 0 Å². The third kappa shape index (κ3) is 2.90. The molecule has 0 aromatic heterocycles. The highest BCUT2D eigenvalue weighted by atomic mass is 31.1. The number of hydrogen-bond acceptors (Lipinski definition) is 2. The molecule has 2 unspecified atom stereocenters. The molecule has 98 valence electrons. The summed E-state index contributed by atoms with van der Waals surface area (Å²) >= 11 is 0. The first-order valence-electron chi connectivity index (χ1n) is 6.35. The normalized spacial score (nSPS) is 21.7. The second kappa shape index (κ2) is 5.22. The van der Waals surface area contributed by atoms with Crippen molar-refractivity contribution in [2.75, 3.05) is 0 Å². The first-order valence-corrected chi connectivity index (χ1v) is 7.61. The van der Waals surface area contributed by atoms with Gasteiger partial charge in [0.15, 0.2) is 5.30 Å². The van der Waals surface area contributed by atoms with Crippen LogP contribution < -0.4 is 5.30 Å². The minimum atomic E-state index is -2.00. The van der Waals surface area contributed by atoms with Crippen molar-refractivity contribution in [1.29, 1.82) is 0 Å². The van der Waals surface area contributed by atoms with Crippen LogP contribution in [0.15, 0.2) is 54.1 Å². The number of carbonyl (C=O) groups excluding carboxylic acids is 1. The van der Waals surface area contributed by atoms with Crippen LogP contribution in [0.1, 0.15) is 20.8 Å². The van der Waals surface area contributed by atoms with Crippen molar-refractivity contribution in [2.45, 2.75) is 20.8 Å². The fourth-order valence-electron chi connectivity index (χ4n) is 2.44. The molecule has 0 aliphatic heterocycles. The predicted octanol–water partition coefficient (Wildman–Crippen LogP) is 3.82. The van der Waals surface area contributed by atoms with Gasteiger partial charge in [0, 0.05) is 5.41 Å². The van der Waals surface area contributed by atoms with Crippen molar-refractivity contribution in [3.8, 4) is 0 Å². The molecule has 0 saturated carbocycles. The molecule has 0 bridgehead atoms. The number of hydrogen-bond donors (Lipinski definition) is 0. The summed E-state index contributed by atoms with van der Waals surface area (Å²) in [5, 5.41) is 0.609. The summed E-state index contributed by atoms with van der Waals surface area (Å²) < 4.78 is 12.4. The number of allylic oxidation sites excluding steroid dienone is 4. The lowest BCUT2D eigenvalue weighted by Gasteiger charge is -2.28. The molecular weight excluding hydrogens is 255 g/mol. The summed E-state index contributed by atoms with van der Waals surface area (Å²) in [6.07, 6.45) is 5.89. The molecule has 3 heteroatoms. The molecular formula is C16H18O2P+. The molecule has 0 radical (unpaired) electrons. The molecule has 19 heavy (non-hydrogen) atoms. The summed E-state index contributed by atoms with van der Waals surface area (Å²) in [6, 6.07) is 8.96. The summed E-state index contributed by atoms with van der Waals surface area (Å²) in [5.41, 5.74) is 0.672. The van der Waals surface area contributed by atoms with Gasteiger partial charge in [0.25, 0.3) is 0 Å². The van der Waals surface area contributed by atoms with Gasteiger partial charge in [0.2, 0.25) is 0 Å². The maximum absolute atomic E-state index is 12.5. The smallest absolute Gasteiger partial charge is 0.239 e. The van der Waals surface area contributed by atoms with E-state index in [4.69, 9.17) is 0 Å². The van der Waals surface area contributed by atoms with Crippen molar-refractivity contribution in [3.05, 3.63) is 54.1 Å². The Morgan fingerprint density at radius 3 is 2.42 bits per heavy atom.